The highest BCUT2D eigenvalue weighted by atomic mass is 35.5. The first-order chi connectivity index (χ1) is 9.03. The Labute approximate surface area is 118 Å². The van der Waals surface area contributed by atoms with Gasteiger partial charge >= 0.3 is 0 Å². The highest BCUT2D eigenvalue weighted by Crippen LogP contribution is 2.30. The van der Waals surface area contributed by atoms with E-state index in [1.54, 1.807) is 0 Å². The first kappa shape index (κ1) is 14.0. The molecule has 1 aromatic rings. The standard InChI is InChI=1S/C14H18ClNO3/c1-14(2,9-15)13(17)16-8-10-3-4-11-12(7-10)19-6-5-18-11/h3-4,7H,5-6,8-9H2,1-2H3,(H,16,17). The lowest BCUT2D eigenvalue weighted by Crippen LogP contribution is -2.37. The van der Waals surface area contributed by atoms with Crippen LogP contribution in [0.1, 0.15) is 19.4 Å². The quantitative estimate of drug-likeness (QED) is 0.863. The van der Waals surface area contributed by atoms with Crippen molar-refractivity contribution in [3.05, 3.63) is 23.8 Å². The van der Waals surface area contributed by atoms with Crippen LogP contribution >= 0.6 is 11.6 Å². The van der Waals surface area contributed by atoms with Gasteiger partial charge in [0.1, 0.15) is 13.2 Å². The molecule has 0 aliphatic carbocycles. The third-order valence-electron chi connectivity index (χ3n) is 3.01. The van der Waals surface area contributed by atoms with Crippen molar-refractivity contribution in [1.82, 2.24) is 5.32 Å². The first-order valence-electron chi connectivity index (χ1n) is 6.26. The highest BCUT2D eigenvalue weighted by molar-refractivity contribution is 6.19. The lowest BCUT2D eigenvalue weighted by atomic mass is 9.95. The molecule has 0 atom stereocenters. The van der Waals surface area contributed by atoms with Gasteiger partial charge in [-0.05, 0) is 31.5 Å². The minimum Gasteiger partial charge on any atom is -0.486 e. The number of rotatable bonds is 4. The Balaban J connectivity index is 1.99. The van der Waals surface area contributed by atoms with Crippen molar-refractivity contribution in [2.45, 2.75) is 20.4 Å². The molecule has 0 saturated carbocycles. The van der Waals surface area contributed by atoms with Crippen molar-refractivity contribution < 1.29 is 14.3 Å². The van der Waals surface area contributed by atoms with Crippen LogP contribution in [0.3, 0.4) is 0 Å². The van der Waals surface area contributed by atoms with Gasteiger partial charge in [0.15, 0.2) is 11.5 Å². The van der Waals surface area contributed by atoms with E-state index in [1.165, 1.54) is 0 Å². The Morgan fingerprint density at radius 3 is 2.68 bits per heavy atom. The molecular formula is C14H18ClNO3. The third kappa shape index (κ3) is 3.32. The number of alkyl halides is 1. The van der Waals surface area contributed by atoms with Crippen LogP contribution in [0.2, 0.25) is 0 Å². The molecule has 5 heteroatoms. The Bertz CT molecular complexity index is 474. The van der Waals surface area contributed by atoms with Gasteiger partial charge in [-0.1, -0.05) is 6.07 Å². The van der Waals surface area contributed by atoms with Crippen LogP contribution in [-0.2, 0) is 11.3 Å². The fourth-order valence-electron chi connectivity index (χ4n) is 1.68. The van der Waals surface area contributed by atoms with E-state index in [0.717, 1.165) is 17.1 Å². The van der Waals surface area contributed by atoms with Gasteiger partial charge in [0, 0.05) is 12.4 Å². The van der Waals surface area contributed by atoms with Crippen molar-refractivity contribution in [3.63, 3.8) is 0 Å². The number of amides is 1. The summed E-state index contributed by atoms with van der Waals surface area (Å²) in [7, 11) is 0. The molecule has 19 heavy (non-hydrogen) atoms. The zero-order valence-electron chi connectivity index (χ0n) is 11.2. The van der Waals surface area contributed by atoms with E-state index in [1.807, 2.05) is 32.0 Å². The molecule has 1 N–H and O–H groups in total. The molecule has 4 nitrogen and oxygen atoms in total. The van der Waals surface area contributed by atoms with E-state index in [9.17, 15) is 4.79 Å². The lowest BCUT2D eigenvalue weighted by Gasteiger charge is -2.21. The smallest absolute Gasteiger partial charge is 0.227 e. The van der Waals surface area contributed by atoms with Gasteiger partial charge in [-0.3, -0.25) is 4.79 Å². The maximum atomic E-state index is 11.9. The Kier molecular flexibility index (Phi) is 4.20. The summed E-state index contributed by atoms with van der Waals surface area (Å²) in [5, 5.41) is 2.88. The molecule has 0 bridgehead atoms. The second-order valence-electron chi connectivity index (χ2n) is 5.18. The van der Waals surface area contributed by atoms with E-state index >= 15 is 0 Å². The van der Waals surface area contributed by atoms with Crippen molar-refractivity contribution in [2.24, 2.45) is 5.41 Å². The minimum atomic E-state index is -0.560. The van der Waals surface area contributed by atoms with Gasteiger partial charge in [-0.15, -0.1) is 11.6 Å². The van der Waals surface area contributed by atoms with E-state index < -0.39 is 5.41 Å². The van der Waals surface area contributed by atoms with Crippen LogP contribution in [0.4, 0.5) is 0 Å². The predicted molar refractivity (Wildman–Crippen MR) is 73.8 cm³/mol. The second kappa shape index (κ2) is 5.70. The number of ether oxygens (including phenoxy) is 2. The first-order valence-corrected chi connectivity index (χ1v) is 6.79. The number of hydrogen-bond acceptors (Lipinski definition) is 3. The Morgan fingerprint density at radius 2 is 2.00 bits per heavy atom. The summed E-state index contributed by atoms with van der Waals surface area (Å²) in [5.74, 6) is 1.72. The maximum Gasteiger partial charge on any atom is 0.227 e. The molecule has 1 aliphatic heterocycles. The summed E-state index contributed by atoms with van der Waals surface area (Å²) in [6, 6.07) is 5.67. The molecule has 0 aromatic heterocycles. The molecule has 1 amide bonds. The highest BCUT2D eigenvalue weighted by Gasteiger charge is 2.26. The minimum absolute atomic E-state index is 0.0580. The average Bonchev–Trinajstić information content (AvgIpc) is 2.44. The monoisotopic (exact) mass is 283 g/mol. The fraction of sp³-hybridized carbons (Fsp3) is 0.500. The topological polar surface area (TPSA) is 47.6 Å². The summed E-state index contributed by atoms with van der Waals surface area (Å²) >= 11 is 5.77. The molecule has 0 fully saturated rings. The maximum absolute atomic E-state index is 11.9. The van der Waals surface area contributed by atoms with Crippen LogP contribution in [-0.4, -0.2) is 25.0 Å². The van der Waals surface area contributed by atoms with Gasteiger partial charge in [0.25, 0.3) is 0 Å². The molecule has 104 valence electrons. The number of nitrogens with one attached hydrogen (secondary N) is 1. The van der Waals surface area contributed by atoms with Crippen molar-refractivity contribution in [2.75, 3.05) is 19.1 Å². The van der Waals surface area contributed by atoms with Crippen LogP contribution < -0.4 is 14.8 Å². The number of carbonyl (C=O) groups is 1. The molecule has 0 spiro atoms. The normalized spacial score (nSPS) is 14.1. The van der Waals surface area contributed by atoms with Crippen LogP contribution in [0.25, 0.3) is 0 Å². The number of carbonyl (C=O) groups excluding carboxylic acids is 1. The molecule has 1 heterocycles. The van der Waals surface area contributed by atoms with Crippen LogP contribution in [0.15, 0.2) is 18.2 Å². The molecular weight excluding hydrogens is 266 g/mol. The summed E-state index contributed by atoms with van der Waals surface area (Å²) in [4.78, 5) is 11.9. The SMILES string of the molecule is CC(C)(CCl)C(=O)NCc1ccc2c(c1)OCCO2. The van der Waals surface area contributed by atoms with E-state index in [2.05, 4.69) is 5.32 Å². The molecule has 2 rings (SSSR count). The van der Waals surface area contributed by atoms with Crippen LogP contribution in [0.5, 0.6) is 11.5 Å². The van der Waals surface area contributed by atoms with Crippen molar-refractivity contribution in [1.29, 1.82) is 0 Å². The van der Waals surface area contributed by atoms with Crippen molar-refractivity contribution in [3.8, 4) is 11.5 Å². The summed E-state index contributed by atoms with van der Waals surface area (Å²) in [6.07, 6.45) is 0. The van der Waals surface area contributed by atoms with E-state index in [4.69, 9.17) is 21.1 Å². The predicted octanol–water partition coefficient (Wildman–Crippen LogP) is 2.34. The van der Waals surface area contributed by atoms with E-state index in [-0.39, 0.29) is 5.91 Å². The molecule has 0 unspecified atom stereocenters. The fourth-order valence-corrected chi connectivity index (χ4v) is 1.80. The number of hydrogen-bond donors (Lipinski definition) is 1. The molecule has 1 aromatic carbocycles. The van der Waals surface area contributed by atoms with Gasteiger partial charge in [0.2, 0.25) is 5.91 Å². The summed E-state index contributed by atoms with van der Waals surface area (Å²) in [5.41, 5.74) is 0.415. The summed E-state index contributed by atoms with van der Waals surface area (Å²) < 4.78 is 10.9. The van der Waals surface area contributed by atoms with E-state index in [0.29, 0.717) is 25.6 Å². The largest absolute Gasteiger partial charge is 0.486 e. The van der Waals surface area contributed by atoms with Gasteiger partial charge in [-0.25, -0.2) is 0 Å². The van der Waals surface area contributed by atoms with Crippen molar-refractivity contribution >= 4 is 17.5 Å². The Hall–Kier alpha value is -1.42. The number of halogens is 1. The number of fused-ring (bicyclic) bond motifs is 1. The third-order valence-corrected chi connectivity index (χ3v) is 3.68. The zero-order valence-corrected chi connectivity index (χ0v) is 11.9. The number of benzene rings is 1. The molecule has 0 radical (unpaired) electrons. The van der Waals surface area contributed by atoms with Gasteiger partial charge in [-0.2, -0.15) is 0 Å². The lowest BCUT2D eigenvalue weighted by molar-refractivity contribution is -0.128. The van der Waals surface area contributed by atoms with Crippen LogP contribution in [0, 0.1) is 5.41 Å². The van der Waals surface area contributed by atoms with Gasteiger partial charge < -0.3 is 14.8 Å². The Morgan fingerprint density at radius 1 is 1.32 bits per heavy atom. The second-order valence-corrected chi connectivity index (χ2v) is 5.45. The van der Waals surface area contributed by atoms with Gasteiger partial charge in [0.05, 0.1) is 5.41 Å². The molecule has 1 aliphatic rings. The summed E-state index contributed by atoms with van der Waals surface area (Å²) in [6.45, 7) is 5.23. The molecule has 0 saturated heterocycles. The average molecular weight is 284 g/mol. The zero-order chi connectivity index (χ0) is 13.9.